The maximum absolute atomic E-state index is 12.0. The number of allylic oxidation sites excluding steroid dienone is 3. The summed E-state index contributed by atoms with van der Waals surface area (Å²) in [4.78, 5) is 0. The lowest BCUT2D eigenvalue weighted by Gasteiger charge is -2.24. The van der Waals surface area contributed by atoms with Crippen LogP contribution in [0.5, 0.6) is 0 Å². The van der Waals surface area contributed by atoms with Crippen LogP contribution in [0.15, 0.2) is 23.5 Å². The number of ether oxygens (including phenoxy) is 1. The number of hydrogen-bond acceptors (Lipinski definition) is 3. The molecule has 0 aromatic rings. The molecule has 0 aromatic carbocycles. The van der Waals surface area contributed by atoms with Gasteiger partial charge >= 0.3 is 6.36 Å². The van der Waals surface area contributed by atoms with E-state index in [1.807, 2.05) is 0 Å². The summed E-state index contributed by atoms with van der Waals surface area (Å²) in [5.74, 6) is -0.286. The third-order valence-electron chi connectivity index (χ3n) is 2.87. The van der Waals surface area contributed by atoms with Gasteiger partial charge in [-0.15, -0.1) is 13.2 Å². The molecular formula is C12H17F3O3. The van der Waals surface area contributed by atoms with Crippen molar-refractivity contribution in [1.82, 2.24) is 0 Å². The van der Waals surface area contributed by atoms with E-state index >= 15 is 0 Å². The fourth-order valence-corrected chi connectivity index (χ4v) is 1.77. The Kier molecular flexibility index (Phi) is 4.81. The van der Waals surface area contributed by atoms with Crippen molar-refractivity contribution < 1.29 is 28.1 Å². The van der Waals surface area contributed by atoms with Crippen molar-refractivity contribution in [3.63, 3.8) is 0 Å². The molecule has 0 radical (unpaired) electrons. The average molecular weight is 266 g/mol. The molecule has 1 rings (SSSR count). The number of aliphatic hydroxyl groups is 2. The van der Waals surface area contributed by atoms with Gasteiger partial charge in [0.2, 0.25) is 0 Å². The molecule has 0 saturated heterocycles. The Morgan fingerprint density at radius 2 is 2.00 bits per heavy atom. The predicted molar refractivity (Wildman–Crippen MR) is 59.4 cm³/mol. The van der Waals surface area contributed by atoms with Gasteiger partial charge in [0.15, 0.2) is 0 Å². The Labute approximate surface area is 104 Å². The van der Waals surface area contributed by atoms with Crippen LogP contribution in [0.4, 0.5) is 13.2 Å². The van der Waals surface area contributed by atoms with Gasteiger partial charge in [0.1, 0.15) is 5.76 Å². The first-order chi connectivity index (χ1) is 8.19. The van der Waals surface area contributed by atoms with E-state index in [-0.39, 0.29) is 24.5 Å². The SMILES string of the molecule is CC1CC(OC(F)(F)F)=CC=C1C[C@@H](O)C(C)O. The molecule has 1 aliphatic carbocycles. The zero-order valence-corrected chi connectivity index (χ0v) is 10.2. The summed E-state index contributed by atoms with van der Waals surface area (Å²) in [6, 6.07) is 0. The van der Waals surface area contributed by atoms with E-state index in [1.54, 1.807) is 6.92 Å². The van der Waals surface area contributed by atoms with Crippen molar-refractivity contribution in [3.05, 3.63) is 23.5 Å². The third kappa shape index (κ3) is 4.70. The first-order valence-electron chi connectivity index (χ1n) is 5.70. The number of rotatable bonds is 4. The fourth-order valence-electron chi connectivity index (χ4n) is 1.77. The molecule has 104 valence electrons. The van der Waals surface area contributed by atoms with Crippen molar-refractivity contribution >= 4 is 0 Å². The van der Waals surface area contributed by atoms with Crippen molar-refractivity contribution in [2.75, 3.05) is 0 Å². The van der Waals surface area contributed by atoms with E-state index in [1.165, 1.54) is 19.1 Å². The minimum atomic E-state index is -4.67. The molecule has 2 N–H and O–H groups in total. The van der Waals surface area contributed by atoms with E-state index in [0.717, 1.165) is 5.57 Å². The second-order valence-corrected chi connectivity index (χ2v) is 4.54. The van der Waals surface area contributed by atoms with E-state index in [2.05, 4.69) is 4.74 Å². The minimum Gasteiger partial charge on any atom is -0.410 e. The summed E-state index contributed by atoms with van der Waals surface area (Å²) < 4.78 is 39.9. The zero-order valence-electron chi connectivity index (χ0n) is 10.2. The second kappa shape index (κ2) is 5.75. The summed E-state index contributed by atoms with van der Waals surface area (Å²) in [5, 5.41) is 18.7. The van der Waals surface area contributed by atoms with Gasteiger partial charge in [-0.3, -0.25) is 0 Å². The summed E-state index contributed by atoms with van der Waals surface area (Å²) in [7, 11) is 0. The Hall–Kier alpha value is -1.01. The van der Waals surface area contributed by atoms with Crippen LogP contribution < -0.4 is 0 Å². The van der Waals surface area contributed by atoms with Gasteiger partial charge in [-0.1, -0.05) is 18.6 Å². The van der Waals surface area contributed by atoms with Crippen LogP contribution in [0.3, 0.4) is 0 Å². The van der Waals surface area contributed by atoms with Crippen LogP contribution in [-0.2, 0) is 4.74 Å². The second-order valence-electron chi connectivity index (χ2n) is 4.54. The molecule has 1 aliphatic rings. The predicted octanol–water partition coefficient (Wildman–Crippen LogP) is 2.50. The van der Waals surface area contributed by atoms with E-state index < -0.39 is 18.6 Å². The molecule has 0 aliphatic heterocycles. The van der Waals surface area contributed by atoms with Gasteiger partial charge in [-0.05, 0) is 25.3 Å². The van der Waals surface area contributed by atoms with Crippen LogP contribution in [0.1, 0.15) is 26.7 Å². The van der Waals surface area contributed by atoms with Gasteiger partial charge in [0.05, 0.1) is 12.2 Å². The fraction of sp³-hybridized carbons (Fsp3) is 0.667. The third-order valence-corrected chi connectivity index (χ3v) is 2.87. The lowest BCUT2D eigenvalue weighted by atomic mass is 9.87. The maximum Gasteiger partial charge on any atom is 0.572 e. The summed E-state index contributed by atoms with van der Waals surface area (Å²) in [6.07, 6.45) is -3.28. The molecule has 0 aromatic heterocycles. The molecule has 0 saturated carbocycles. The average Bonchev–Trinajstić information content (AvgIpc) is 2.19. The molecule has 18 heavy (non-hydrogen) atoms. The van der Waals surface area contributed by atoms with E-state index in [9.17, 15) is 23.4 Å². The van der Waals surface area contributed by atoms with E-state index in [0.29, 0.717) is 0 Å². The molecule has 3 atom stereocenters. The quantitative estimate of drug-likeness (QED) is 0.822. The molecule has 0 amide bonds. The first-order valence-corrected chi connectivity index (χ1v) is 5.70. The molecule has 0 heterocycles. The van der Waals surface area contributed by atoms with Crippen LogP contribution >= 0.6 is 0 Å². The normalized spacial score (nSPS) is 24.1. The summed E-state index contributed by atoms with van der Waals surface area (Å²) in [5.41, 5.74) is 0.804. The standard InChI is InChI=1S/C12H17F3O3/c1-7-5-10(18-12(13,14)15)4-3-9(7)6-11(17)8(2)16/h3-4,7-8,11,16-17H,5-6H2,1-2H3/t7?,8?,11-/m1/s1. The lowest BCUT2D eigenvalue weighted by molar-refractivity contribution is -0.306. The minimum absolute atomic E-state index is 0.134. The Bertz CT molecular complexity index is 345. The number of alkyl halides is 3. The maximum atomic E-state index is 12.0. The molecular weight excluding hydrogens is 249 g/mol. The van der Waals surface area contributed by atoms with Gasteiger partial charge in [-0.25, -0.2) is 0 Å². The van der Waals surface area contributed by atoms with Gasteiger partial charge in [-0.2, -0.15) is 0 Å². The molecule has 3 nitrogen and oxygen atoms in total. The van der Waals surface area contributed by atoms with Crippen LogP contribution in [0.2, 0.25) is 0 Å². The zero-order chi connectivity index (χ0) is 13.9. The lowest BCUT2D eigenvalue weighted by Crippen LogP contribution is -2.25. The van der Waals surface area contributed by atoms with Crippen LogP contribution in [0.25, 0.3) is 0 Å². The number of aliphatic hydroxyl groups excluding tert-OH is 2. The van der Waals surface area contributed by atoms with Gasteiger partial charge in [0, 0.05) is 6.42 Å². The number of hydrogen-bond donors (Lipinski definition) is 2. The largest absolute Gasteiger partial charge is 0.572 e. The molecule has 0 fully saturated rings. The highest BCUT2D eigenvalue weighted by Crippen LogP contribution is 2.32. The first kappa shape index (κ1) is 15.0. The highest BCUT2D eigenvalue weighted by atomic mass is 19.4. The number of halogens is 3. The topological polar surface area (TPSA) is 49.7 Å². The van der Waals surface area contributed by atoms with E-state index in [4.69, 9.17) is 0 Å². The van der Waals surface area contributed by atoms with Crippen molar-refractivity contribution in [2.24, 2.45) is 5.92 Å². The summed E-state index contributed by atoms with van der Waals surface area (Å²) in [6.45, 7) is 3.22. The van der Waals surface area contributed by atoms with Gasteiger partial charge in [0.25, 0.3) is 0 Å². The molecule has 6 heteroatoms. The molecule has 2 unspecified atom stereocenters. The Balaban J connectivity index is 2.67. The van der Waals surface area contributed by atoms with Gasteiger partial charge < -0.3 is 14.9 Å². The van der Waals surface area contributed by atoms with Crippen molar-refractivity contribution in [1.29, 1.82) is 0 Å². The summed E-state index contributed by atoms with van der Waals surface area (Å²) >= 11 is 0. The Morgan fingerprint density at radius 1 is 1.39 bits per heavy atom. The molecule has 0 spiro atoms. The Morgan fingerprint density at radius 3 is 2.44 bits per heavy atom. The van der Waals surface area contributed by atoms with Crippen LogP contribution in [0, 0.1) is 5.92 Å². The van der Waals surface area contributed by atoms with Crippen molar-refractivity contribution in [3.8, 4) is 0 Å². The molecule has 0 bridgehead atoms. The smallest absolute Gasteiger partial charge is 0.410 e. The van der Waals surface area contributed by atoms with Crippen LogP contribution in [-0.4, -0.2) is 28.8 Å². The van der Waals surface area contributed by atoms with Crippen molar-refractivity contribution in [2.45, 2.75) is 45.3 Å². The highest BCUT2D eigenvalue weighted by molar-refractivity contribution is 5.24. The monoisotopic (exact) mass is 266 g/mol. The highest BCUT2D eigenvalue weighted by Gasteiger charge is 2.33.